The van der Waals surface area contributed by atoms with E-state index in [1.54, 1.807) is 39.9 Å². The van der Waals surface area contributed by atoms with Crippen LogP contribution in [-0.4, -0.2) is 53.5 Å². The predicted molar refractivity (Wildman–Crippen MR) is 141 cm³/mol. The predicted octanol–water partition coefficient (Wildman–Crippen LogP) is 4.19. The number of anilines is 2. The van der Waals surface area contributed by atoms with Crippen molar-refractivity contribution >= 4 is 49.0 Å². The molecule has 1 saturated heterocycles. The molecule has 5 rings (SSSR count). The molecule has 36 heavy (non-hydrogen) atoms. The summed E-state index contributed by atoms with van der Waals surface area (Å²) in [5.74, 6) is 0.834. The van der Waals surface area contributed by atoms with Crippen LogP contribution in [0.5, 0.6) is 0 Å². The Hall–Kier alpha value is -3.28. The Morgan fingerprint density at radius 2 is 1.83 bits per heavy atom. The monoisotopic (exact) mass is 568 g/mol. The van der Waals surface area contributed by atoms with E-state index in [0.717, 1.165) is 28.7 Å². The van der Waals surface area contributed by atoms with Crippen molar-refractivity contribution in [3.8, 4) is 11.3 Å². The molecule has 0 spiro atoms. The van der Waals surface area contributed by atoms with Gasteiger partial charge in [0.15, 0.2) is 5.65 Å². The second kappa shape index (κ2) is 10.4. The molecule has 0 bridgehead atoms. The van der Waals surface area contributed by atoms with Gasteiger partial charge in [-0.15, -0.1) is 0 Å². The molecule has 2 aromatic heterocycles. The summed E-state index contributed by atoms with van der Waals surface area (Å²) in [6.07, 6.45) is 3.72. The van der Waals surface area contributed by atoms with Crippen molar-refractivity contribution < 1.29 is 13.2 Å². The number of carbonyl (C=O) groups is 1. The van der Waals surface area contributed by atoms with Crippen LogP contribution in [0.15, 0.2) is 76.2 Å². The minimum atomic E-state index is -3.65. The number of halogens is 1. The fourth-order valence-corrected chi connectivity index (χ4v) is 5.57. The van der Waals surface area contributed by atoms with Crippen LogP contribution in [0, 0.1) is 0 Å². The first-order valence-electron chi connectivity index (χ1n) is 11.6. The Labute approximate surface area is 217 Å². The van der Waals surface area contributed by atoms with Crippen molar-refractivity contribution in [2.24, 2.45) is 0 Å². The van der Waals surface area contributed by atoms with Gasteiger partial charge in [0.2, 0.25) is 15.9 Å². The molecule has 0 unspecified atom stereocenters. The smallest absolute Gasteiger partial charge is 0.240 e. The average Bonchev–Trinajstić information content (AvgIpc) is 3.48. The van der Waals surface area contributed by atoms with E-state index >= 15 is 0 Å². The van der Waals surface area contributed by atoms with E-state index < -0.39 is 10.0 Å². The van der Waals surface area contributed by atoms with Crippen LogP contribution >= 0.6 is 15.9 Å². The van der Waals surface area contributed by atoms with E-state index in [4.69, 9.17) is 4.98 Å². The van der Waals surface area contributed by atoms with Crippen molar-refractivity contribution in [3.05, 3.63) is 71.3 Å². The highest BCUT2D eigenvalue weighted by atomic mass is 79.9. The summed E-state index contributed by atoms with van der Waals surface area (Å²) in [5.41, 5.74) is 3.13. The molecule has 1 amide bonds. The van der Waals surface area contributed by atoms with Gasteiger partial charge in [0.25, 0.3) is 0 Å². The highest BCUT2D eigenvalue weighted by Gasteiger charge is 2.20. The molecule has 1 fully saturated rings. The summed E-state index contributed by atoms with van der Waals surface area (Å²) >= 11 is 3.51. The van der Waals surface area contributed by atoms with E-state index in [1.807, 2.05) is 36.4 Å². The van der Waals surface area contributed by atoms with E-state index in [-0.39, 0.29) is 17.3 Å². The second-order valence-corrected chi connectivity index (χ2v) is 11.1. The topological polar surface area (TPSA) is 109 Å². The molecule has 186 valence electrons. The van der Waals surface area contributed by atoms with Crippen LogP contribution in [0.2, 0.25) is 0 Å². The molecule has 2 aromatic carbocycles. The third-order valence-electron chi connectivity index (χ3n) is 6.00. The lowest BCUT2D eigenvalue weighted by atomic mass is 10.1. The molecule has 0 aliphatic carbocycles. The standard InChI is InChI=1S/C25H25BrN6O3S/c26-21-17-27-32-23(16-22(30-25(21)32)18-6-2-1-3-7-18)29-19-9-11-20(12-10-19)36(34,35)28-13-5-15-31-14-4-8-24(31)33/h1-3,6-7,9-12,16-17,28-29H,4-5,8,13-15H2. The molecule has 0 radical (unpaired) electrons. The van der Waals surface area contributed by atoms with Crippen LogP contribution in [0.3, 0.4) is 0 Å². The zero-order valence-electron chi connectivity index (χ0n) is 19.4. The SMILES string of the molecule is O=C1CCCN1CCCNS(=O)(=O)c1ccc(Nc2cc(-c3ccccc3)nc3c(Br)cnn23)cc1. The fourth-order valence-electron chi connectivity index (χ4n) is 4.15. The van der Waals surface area contributed by atoms with Gasteiger partial charge in [-0.1, -0.05) is 30.3 Å². The first-order chi connectivity index (χ1) is 17.4. The fraction of sp³-hybridized carbons (Fsp3) is 0.240. The van der Waals surface area contributed by atoms with E-state index in [0.29, 0.717) is 36.5 Å². The lowest BCUT2D eigenvalue weighted by molar-refractivity contribution is -0.127. The number of hydrogen-bond acceptors (Lipinski definition) is 6. The van der Waals surface area contributed by atoms with Crippen LogP contribution in [0.25, 0.3) is 16.9 Å². The Morgan fingerprint density at radius 1 is 1.06 bits per heavy atom. The minimum absolute atomic E-state index is 0.144. The van der Waals surface area contributed by atoms with Crippen molar-refractivity contribution in [1.29, 1.82) is 0 Å². The minimum Gasteiger partial charge on any atom is -0.343 e. The number of carbonyl (C=O) groups excluding carboxylic acids is 1. The van der Waals surface area contributed by atoms with Gasteiger partial charge in [0, 0.05) is 43.4 Å². The summed E-state index contributed by atoms with van der Waals surface area (Å²) in [6.45, 7) is 1.60. The number of sulfonamides is 1. The lowest BCUT2D eigenvalue weighted by Crippen LogP contribution is -2.30. The normalized spacial score (nSPS) is 14.0. The summed E-state index contributed by atoms with van der Waals surface area (Å²) < 4.78 is 30.5. The van der Waals surface area contributed by atoms with Gasteiger partial charge in [-0.05, 0) is 53.0 Å². The Morgan fingerprint density at radius 3 is 2.56 bits per heavy atom. The molecule has 0 atom stereocenters. The van der Waals surface area contributed by atoms with Crippen molar-refractivity contribution in [1.82, 2.24) is 24.2 Å². The van der Waals surface area contributed by atoms with Crippen molar-refractivity contribution in [2.75, 3.05) is 25.0 Å². The van der Waals surface area contributed by atoms with E-state index in [2.05, 4.69) is 31.1 Å². The molecule has 0 saturated carbocycles. The number of fused-ring (bicyclic) bond motifs is 1. The molecular weight excluding hydrogens is 544 g/mol. The highest BCUT2D eigenvalue weighted by Crippen LogP contribution is 2.28. The Bertz CT molecular complexity index is 1490. The quantitative estimate of drug-likeness (QED) is 0.293. The van der Waals surface area contributed by atoms with Crippen LogP contribution < -0.4 is 10.0 Å². The maximum Gasteiger partial charge on any atom is 0.240 e. The molecular formula is C25H25BrN6O3S. The van der Waals surface area contributed by atoms with Gasteiger partial charge >= 0.3 is 0 Å². The first-order valence-corrected chi connectivity index (χ1v) is 13.9. The molecule has 3 heterocycles. The zero-order valence-corrected chi connectivity index (χ0v) is 21.8. The van der Waals surface area contributed by atoms with Gasteiger partial charge < -0.3 is 10.2 Å². The molecule has 11 heteroatoms. The third kappa shape index (κ3) is 5.28. The molecule has 2 N–H and O–H groups in total. The summed E-state index contributed by atoms with van der Waals surface area (Å²) in [6, 6.07) is 18.3. The number of hydrogen-bond donors (Lipinski definition) is 2. The van der Waals surface area contributed by atoms with Gasteiger partial charge in [0.05, 0.1) is 21.3 Å². The van der Waals surface area contributed by atoms with Gasteiger partial charge in [-0.2, -0.15) is 9.61 Å². The van der Waals surface area contributed by atoms with Crippen molar-refractivity contribution in [2.45, 2.75) is 24.2 Å². The molecule has 4 aromatic rings. The highest BCUT2D eigenvalue weighted by molar-refractivity contribution is 9.10. The number of rotatable bonds is 9. The number of nitrogens with zero attached hydrogens (tertiary/aromatic N) is 4. The number of aromatic nitrogens is 3. The van der Waals surface area contributed by atoms with Gasteiger partial charge in [-0.25, -0.2) is 18.1 Å². The summed E-state index contributed by atoms with van der Waals surface area (Å²) in [7, 11) is -3.65. The van der Waals surface area contributed by atoms with Crippen molar-refractivity contribution in [3.63, 3.8) is 0 Å². The van der Waals surface area contributed by atoms with Crippen LogP contribution in [-0.2, 0) is 14.8 Å². The van der Waals surface area contributed by atoms with E-state index in [9.17, 15) is 13.2 Å². The average molecular weight is 569 g/mol. The van der Waals surface area contributed by atoms with E-state index in [1.165, 1.54) is 0 Å². The van der Waals surface area contributed by atoms with Gasteiger partial charge in [0.1, 0.15) is 5.82 Å². The van der Waals surface area contributed by atoms with Gasteiger partial charge in [-0.3, -0.25) is 4.79 Å². The lowest BCUT2D eigenvalue weighted by Gasteiger charge is -2.15. The van der Waals surface area contributed by atoms with Crippen LogP contribution in [0.4, 0.5) is 11.5 Å². The number of amides is 1. The van der Waals surface area contributed by atoms with Crippen LogP contribution in [0.1, 0.15) is 19.3 Å². The maximum absolute atomic E-state index is 12.7. The first kappa shape index (κ1) is 24.4. The Balaban J connectivity index is 1.29. The summed E-state index contributed by atoms with van der Waals surface area (Å²) in [4.78, 5) is 18.4. The molecule has 1 aliphatic rings. The number of benzene rings is 2. The third-order valence-corrected chi connectivity index (χ3v) is 8.04. The maximum atomic E-state index is 12.7. The Kier molecular flexibility index (Phi) is 7.04. The summed E-state index contributed by atoms with van der Waals surface area (Å²) in [5, 5.41) is 7.72. The largest absolute Gasteiger partial charge is 0.343 e. The number of likely N-dealkylation sites (tertiary alicyclic amines) is 1. The second-order valence-electron chi connectivity index (χ2n) is 8.51. The zero-order chi connectivity index (χ0) is 25.1. The number of nitrogens with one attached hydrogen (secondary N) is 2. The molecule has 1 aliphatic heterocycles. The molecule has 9 nitrogen and oxygen atoms in total.